The number of esters is 1. The molecular formula is C18H17NO5S. The summed E-state index contributed by atoms with van der Waals surface area (Å²) in [4.78, 5) is 25.0. The molecule has 0 saturated carbocycles. The first-order chi connectivity index (χ1) is 12.2. The van der Waals surface area contributed by atoms with E-state index in [1.807, 2.05) is 47.8 Å². The molecule has 0 fully saturated rings. The van der Waals surface area contributed by atoms with Gasteiger partial charge in [0.25, 0.3) is 5.91 Å². The van der Waals surface area contributed by atoms with Gasteiger partial charge in [-0.1, -0.05) is 36.4 Å². The molecule has 1 amide bonds. The van der Waals surface area contributed by atoms with Crippen LogP contribution in [0.3, 0.4) is 0 Å². The summed E-state index contributed by atoms with van der Waals surface area (Å²) in [6.07, 6.45) is 1.20. The third-order valence-electron chi connectivity index (χ3n) is 3.45. The first-order valence-corrected chi connectivity index (χ1v) is 8.61. The number of carbonyl (C=O) groups excluding carboxylic acids is 2. The van der Waals surface area contributed by atoms with Gasteiger partial charge in [-0.3, -0.25) is 4.79 Å². The second kappa shape index (κ2) is 8.34. The molecule has 1 aromatic carbocycles. The van der Waals surface area contributed by atoms with Crippen molar-refractivity contribution in [2.45, 2.75) is 6.04 Å². The van der Waals surface area contributed by atoms with Gasteiger partial charge in [-0.2, -0.15) is 0 Å². The lowest BCUT2D eigenvalue weighted by atomic mass is 10.1. The fourth-order valence-corrected chi connectivity index (χ4v) is 3.10. The van der Waals surface area contributed by atoms with Crippen molar-refractivity contribution in [1.29, 1.82) is 0 Å². The molecule has 0 unspecified atom stereocenters. The minimum Gasteiger partial charge on any atom is -0.493 e. The van der Waals surface area contributed by atoms with Crippen LogP contribution in [0.25, 0.3) is 0 Å². The molecule has 2 aromatic rings. The van der Waals surface area contributed by atoms with Crippen molar-refractivity contribution in [3.05, 3.63) is 70.3 Å². The maximum Gasteiger partial charge on any atom is 0.377 e. The van der Waals surface area contributed by atoms with E-state index in [0.717, 1.165) is 10.4 Å². The Bertz CT molecular complexity index is 742. The monoisotopic (exact) mass is 359 g/mol. The summed E-state index contributed by atoms with van der Waals surface area (Å²) < 4.78 is 15.1. The first kappa shape index (κ1) is 17.0. The van der Waals surface area contributed by atoms with E-state index in [2.05, 4.69) is 5.32 Å². The van der Waals surface area contributed by atoms with Gasteiger partial charge in [-0.15, -0.1) is 11.3 Å². The summed E-state index contributed by atoms with van der Waals surface area (Å²) in [5.41, 5.74) is 0.955. The second-order valence-corrected chi connectivity index (χ2v) is 6.18. The van der Waals surface area contributed by atoms with E-state index in [4.69, 9.17) is 14.2 Å². The Morgan fingerprint density at radius 2 is 2.00 bits per heavy atom. The summed E-state index contributed by atoms with van der Waals surface area (Å²) >= 11 is 1.55. The van der Waals surface area contributed by atoms with Crippen LogP contribution in [0.1, 0.15) is 16.5 Å². The molecule has 3 rings (SSSR count). The van der Waals surface area contributed by atoms with E-state index in [0.29, 0.717) is 6.61 Å². The van der Waals surface area contributed by atoms with Crippen LogP contribution in [0.15, 0.2) is 59.9 Å². The van der Waals surface area contributed by atoms with Crippen molar-refractivity contribution in [3.63, 3.8) is 0 Å². The molecule has 2 heterocycles. The Morgan fingerprint density at radius 1 is 1.16 bits per heavy atom. The van der Waals surface area contributed by atoms with Crippen molar-refractivity contribution in [1.82, 2.24) is 5.32 Å². The number of nitrogens with one attached hydrogen (secondary N) is 1. The molecule has 0 radical (unpaired) electrons. The predicted molar refractivity (Wildman–Crippen MR) is 91.7 cm³/mol. The van der Waals surface area contributed by atoms with Crippen LogP contribution in [-0.4, -0.2) is 31.7 Å². The SMILES string of the molecule is O=C(COC(=O)C1=COCCO1)N[C@H](c1ccccc1)c1cccs1. The highest BCUT2D eigenvalue weighted by Gasteiger charge is 2.21. The lowest BCUT2D eigenvalue weighted by molar-refractivity contribution is -0.149. The molecular weight excluding hydrogens is 342 g/mol. The molecule has 1 atom stereocenters. The largest absolute Gasteiger partial charge is 0.493 e. The zero-order valence-electron chi connectivity index (χ0n) is 13.3. The van der Waals surface area contributed by atoms with E-state index in [1.165, 1.54) is 6.26 Å². The van der Waals surface area contributed by atoms with Gasteiger partial charge in [-0.05, 0) is 17.0 Å². The van der Waals surface area contributed by atoms with Gasteiger partial charge in [0.2, 0.25) is 5.76 Å². The lowest BCUT2D eigenvalue weighted by Crippen LogP contribution is -2.33. The van der Waals surface area contributed by atoms with Crippen molar-refractivity contribution in [2.24, 2.45) is 0 Å². The van der Waals surface area contributed by atoms with Gasteiger partial charge >= 0.3 is 5.97 Å². The molecule has 0 saturated heterocycles. The Hall–Kier alpha value is -2.80. The normalized spacial score (nSPS) is 14.5. The van der Waals surface area contributed by atoms with Crippen molar-refractivity contribution < 1.29 is 23.8 Å². The highest BCUT2D eigenvalue weighted by Crippen LogP contribution is 2.25. The first-order valence-electron chi connectivity index (χ1n) is 7.73. The van der Waals surface area contributed by atoms with E-state index in [9.17, 15) is 9.59 Å². The number of amides is 1. The molecule has 7 heteroatoms. The third kappa shape index (κ3) is 4.60. The number of hydrogen-bond acceptors (Lipinski definition) is 6. The van der Waals surface area contributed by atoms with Gasteiger partial charge in [0.1, 0.15) is 19.5 Å². The Kier molecular flexibility index (Phi) is 5.69. The van der Waals surface area contributed by atoms with Crippen molar-refractivity contribution in [2.75, 3.05) is 19.8 Å². The minimum absolute atomic E-state index is 0.0306. The topological polar surface area (TPSA) is 73.9 Å². The average molecular weight is 359 g/mol. The van der Waals surface area contributed by atoms with E-state index in [1.54, 1.807) is 11.3 Å². The van der Waals surface area contributed by atoms with E-state index < -0.39 is 18.5 Å². The Balaban J connectivity index is 1.61. The summed E-state index contributed by atoms with van der Waals surface area (Å²) in [5, 5.41) is 4.85. The van der Waals surface area contributed by atoms with Crippen molar-refractivity contribution in [3.8, 4) is 0 Å². The van der Waals surface area contributed by atoms with Crippen LogP contribution in [0.5, 0.6) is 0 Å². The number of ether oxygens (including phenoxy) is 3. The smallest absolute Gasteiger partial charge is 0.377 e. The fourth-order valence-electron chi connectivity index (χ4n) is 2.30. The van der Waals surface area contributed by atoms with Crippen LogP contribution in [0, 0.1) is 0 Å². The molecule has 1 aromatic heterocycles. The van der Waals surface area contributed by atoms with Gasteiger partial charge in [0.15, 0.2) is 6.61 Å². The molecule has 6 nitrogen and oxygen atoms in total. The second-order valence-electron chi connectivity index (χ2n) is 5.20. The molecule has 0 bridgehead atoms. The average Bonchev–Trinajstić information content (AvgIpc) is 3.20. The van der Waals surface area contributed by atoms with Gasteiger partial charge < -0.3 is 19.5 Å². The van der Waals surface area contributed by atoms with Crippen LogP contribution >= 0.6 is 11.3 Å². The molecule has 1 aliphatic rings. The molecule has 25 heavy (non-hydrogen) atoms. The summed E-state index contributed by atoms with van der Waals surface area (Å²) in [7, 11) is 0. The fraction of sp³-hybridized carbons (Fsp3) is 0.222. The summed E-state index contributed by atoms with van der Waals surface area (Å²) in [6, 6.07) is 13.2. The number of hydrogen-bond donors (Lipinski definition) is 1. The van der Waals surface area contributed by atoms with E-state index >= 15 is 0 Å². The van der Waals surface area contributed by atoms with Crippen molar-refractivity contribution >= 4 is 23.2 Å². The van der Waals surface area contributed by atoms with Gasteiger partial charge in [0.05, 0.1) is 6.04 Å². The van der Waals surface area contributed by atoms with Gasteiger partial charge in [0, 0.05) is 4.88 Å². The number of carbonyl (C=O) groups is 2. The number of benzene rings is 1. The maximum absolute atomic E-state index is 12.2. The molecule has 1 aliphatic heterocycles. The molecule has 130 valence electrons. The summed E-state index contributed by atoms with van der Waals surface area (Å²) in [5.74, 6) is -1.15. The van der Waals surface area contributed by atoms with Crippen LogP contribution in [-0.2, 0) is 23.8 Å². The zero-order valence-corrected chi connectivity index (χ0v) is 14.2. The molecule has 1 N–H and O–H groups in total. The van der Waals surface area contributed by atoms with Crippen LogP contribution in [0.4, 0.5) is 0 Å². The summed E-state index contributed by atoms with van der Waals surface area (Å²) in [6.45, 7) is 0.271. The quantitative estimate of drug-likeness (QED) is 0.802. The highest BCUT2D eigenvalue weighted by atomic mass is 32.1. The minimum atomic E-state index is -0.720. The zero-order chi connectivity index (χ0) is 17.5. The van der Waals surface area contributed by atoms with Crippen LogP contribution < -0.4 is 5.32 Å². The van der Waals surface area contributed by atoms with Gasteiger partial charge in [-0.25, -0.2) is 4.79 Å². The lowest BCUT2D eigenvalue weighted by Gasteiger charge is -2.18. The number of rotatable bonds is 6. The van der Waals surface area contributed by atoms with E-state index in [-0.39, 0.29) is 18.4 Å². The molecule has 0 aliphatic carbocycles. The third-order valence-corrected chi connectivity index (χ3v) is 4.39. The highest BCUT2D eigenvalue weighted by molar-refractivity contribution is 7.10. The number of thiophene rings is 1. The standard InChI is InChI=1S/C18H17NO5S/c20-16(12-24-18(21)14-11-22-8-9-23-14)19-17(15-7-4-10-25-15)13-5-2-1-3-6-13/h1-7,10-11,17H,8-9,12H2,(H,19,20)/t17-/m1/s1. The molecule has 0 spiro atoms. The Morgan fingerprint density at radius 3 is 2.68 bits per heavy atom. The maximum atomic E-state index is 12.2. The predicted octanol–water partition coefficient (Wildman–Crippen LogP) is 2.39. The Labute approximate surface area is 149 Å². The van der Waals surface area contributed by atoms with Crippen LogP contribution in [0.2, 0.25) is 0 Å².